The van der Waals surface area contributed by atoms with E-state index in [-0.39, 0.29) is 11.2 Å². The van der Waals surface area contributed by atoms with Gasteiger partial charge in [-0.15, -0.1) is 0 Å². The topological polar surface area (TPSA) is 17.1 Å². The van der Waals surface area contributed by atoms with E-state index in [1.54, 1.807) is 0 Å². The molecule has 0 heterocycles. The molecule has 0 saturated heterocycles. The molecule has 1 nitrogen and oxygen atoms in total. The van der Waals surface area contributed by atoms with Gasteiger partial charge in [-0.3, -0.25) is 4.79 Å². The van der Waals surface area contributed by atoms with Crippen molar-refractivity contribution in [1.29, 1.82) is 0 Å². The van der Waals surface area contributed by atoms with Crippen LogP contribution in [0.25, 0.3) is 0 Å². The van der Waals surface area contributed by atoms with Crippen LogP contribution in [0.3, 0.4) is 0 Å². The number of hydrogen-bond donors (Lipinski definition) is 0. The Morgan fingerprint density at radius 3 is 2.11 bits per heavy atom. The number of carbonyl (C=O) groups excluding carboxylic acids is 1. The van der Waals surface area contributed by atoms with Crippen LogP contribution in [-0.2, 0) is 4.79 Å². The Hall–Kier alpha value is -0.330. The zero-order valence-electron chi connectivity index (χ0n) is 6.53. The molecule has 0 fully saturated rings. The van der Waals surface area contributed by atoms with Crippen LogP contribution in [0.2, 0.25) is 0 Å². The highest BCUT2D eigenvalue weighted by atomic mass is 16.1. The summed E-state index contributed by atoms with van der Waals surface area (Å²) in [7, 11) is 0. The molecule has 0 aromatic rings. The number of Topliss-reactive ketones (excluding diaryl/α,β-unsaturated/α-hetero) is 1. The molecule has 0 aliphatic heterocycles. The molecular formula is C8H15O. The molecule has 0 amide bonds. The Morgan fingerprint density at radius 1 is 1.56 bits per heavy atom. The van der Waals surface area contributed by atoms with Crippen LogP contribution in [0, 0.1) is 12.3 Å². The van der Waals surface area contributed by atoms with E-state index in [0.717, 1.165) is 12.8 Å². The molecule has 9 heavy (non-hydrogen) atoms. The van der Waals surface area contributed by atoms with Crippen molar-refractivity contribution in [3.63, 3.8) is 0 Å². The number of ketones is 1. The van der Waals surface area contributed by atoms with Gasteiger partial charge >= 0.3 is 0 Å². The molecule has 1 radical (unpaired) electrons. The third-order valence-corrected chi connectivity index (χ3v) is 1.63. The normalized spacial score (nSPS) is 11.6. The molecular weight excluding hydrogens is 112 g/mol. The van der Waals surface area contributed by atoms with Crippen LogP contribution in [0.5, 0.6) is 0 Å². The van der Waals surface area contributed by atoms with E-state index in [1.165, 1.54) is 0 Å². The number of rotatable bonds is 3. The molecule has 0 N–H and O–H groups in total. The lowest BCUT2D eigenvalue weighted by Gasteiger charge is -2.18. The highest BCUT2D eigenvalue weighted by molar-refractivity contribution is 5.87. The van der Waals surface area contributed by atoms with Crippen molar-refractivity contribution >= 4 is 5.78 Å². The zero-order chi connectivity index (χ0) is 7.49. The van der Waals surface area contributed by atoms with Crippen molar-refractivity contribution in [3.05, 3.63) is 6.92 Å². The van der Waals surface area contributed by atoms with Gasteiger partial charge in [0.2, 0.25) is 0 Å². The molecule has 1 heteroatoms. The Bertz CT molecular complexity index is 103. The summed E-state index contributed by atoms with van der Waals surface area (Å²) >= 11 is 0. The van der Waals surface area contributed by atoms with E-state index in [4.69, 9.17) is 0 Å². The predicted octanol–water partition coefficient (Wildman–Crippen LogP) is 2.22. The smallest absolute Gasteiger partial charge is 0.138 e. The lowest BCUT2D eigenvalue weighted by atomic mass is 9.84. The predicted molar refractivity (Wildman–Crippen MR) is 39.1 cm³/mol. The van der Waals surface area contributed by atoms with Crippen LogP contribution in [0.4, 0.5) is 0 Å². The van der Waals surface area contributed by atoms with Crippen molar-refractivity contribution in [2.45, 2.75) is 33.6 Å². The molecule has 0 spiro atoms. The molecule has 0 aliphatic rings. The first kappa shape index (κ1) is 8.67. The van der Waals surface area contributed by atoms with Crippen LogP contribution in [-0.4, -0.2) is 5.78 Å². The van der Waals surface area contributed by atoms with Gasteiger partial charge in [-0.2, -0.15) is 0 Å². The van der Waals surface area contributed by atoms with Gasteiger partial charge in [-0.25, -0.2) is 0 Å². The molecule has 0 unspecified atom stereocenters. The van der Waals surface area contributed by atoms with Gasteiger partial charge in [0.05, 0.1) is 0 Å². The van der Waals surface area contributed by atoms with Crippen LogP contribution < -0.4 is 0 Å². The van der Waals surface area contributed by atoms with Crippen molar-refractivity contribution in [3.8, 4) is 0 Å². The fraction of sp³-hybridized carbons (Fsp3) is 0.750. The molecule has 0 aromatic heterocycles. The molecule has 0 rings (SSSR count). The van der Waals surface area contributed by atoms with E-state index in [0.29, 0.717) is 0 Å². The second kappa shape index (κ2) is 3.00. The summed E-state index contributed by atoms with van der Waals surface area (Å²) < 4.78 is 0. The standard InChI is InChI=1S/C8H15O/c1-5-6-8(3,4)7(2)9/h2,5-6H2,1,3-4H3. The summed E-state index contributed by atoms with van der Waals surface area (Å²) in [6, 6.07) is 0. The average molecular weight is 127 g/mol. The molecule has 0 bridgehead atoms. The maximum atomic E-state index is 10.7. The SMILES string of the molecule is [CH2]C(=O)C(C)(C)CCC. The van der Waals surface area contributed by atoms with Gasteiger partial charge in [-0.1, -0.05) is 27.2 Å². The van der Waals surface area contributed by atoms with Crippen LogP contribution in [0.15, 0.2) is 0 Å². The van der Waals surface area contributed by atoms with E-state index in [9.17, 15) is 4.79 Å². The van der Waals surface area contributed by atoms with Gasteiger partial charge in [0, 0.05) is 12.3 Å². The van der Waals surface area contributed by atoms with Crippen molar-refractivity contribution in [2.24, 2.45) is 5.41 Å². The summed E-state index contributed by atoms with van der Waals surface area (Å²) in [5.41, 5.74) is -0.200. The fourth-order valence-electron chi connectivity index (χ4n) is 0.764. The maximum absolute atomic E-state index is 10.7. The largest absolute Gasteiger partial charge is 0.299 e. The lowest BCUT2D eigenvalue weighted by molar-refractivity contribution is -0.122. The van der Waals surface area contributed by atoms with E-state index in [2.05, 4.69) is 13.8 Å². The first-order valence-corrected chi connectivity index (χ1v) is 3.37. The third-order valence-electron chi connectivity index (χ3n) is 1.63. The molecule has 0 atom stereocenters. The second-order valence-electron chi connectivity index (χ2n) is 3.06. The zero-order valence-corrected chi connectivity index (χ0v) is 6.53. The summed E-state index contributed by atoms with van der Waals surface area (Å²) in [4.78, 5) is 10.7. The van der Waals surface area contributed by atoms with E-state index in [1.807, 2.05) is 13.8 Å². The first-order chi connectivity index (χ1) is 4.00. The summed E-state index contributed by atoms with van der Waals surface area (Å²) in [5, 5.41) is 0. The lowest BCUT2D eigenvalue weighted by Crippen LogP contribution is -2.20. The van der Waals surface area contributed by atoms with Crippen LogP contribution >= 0.6 is 0 Å². The summed E-state index contributed by atoms with van der Waals surface area (Å²) in [6.07, 6.45) is 1.99. The molecule has 53 valence electrons. The molecule has 0 aromatic carbocycles. The second-order valence-corrected chi connectivity index (χ2v) is 3.06. The number of carbonyl (C=O) groups is 1. The average Bonchev–Trinajstić information content (AvgIpc) is 1.65. The Balaban J connectivity index is 3.85. The highest BCUT2D eigenvalue weighted by Gasteiger charge is 2.21. The highest BCUT2D eigenvalue weighted by Crippen LogP contribution is 2.22. The third kappa shape index (κ3) is 2.64. The van der Waals surface area contributed by atoms with E-state index >= 15 is 0 Å². The minimum Gasteiger partial charge on any atom is -0.299 e. The Labute approximate surface area is 57.5 Å². The molecule has 0 aliphatic carbocycles. The molecule has 0 saturated carbocycles. The van der Waals surface area contributed by atoms with E-state index < -0.39 is 0 Å². The van der Waals surface area contributed by atoms with Gasteiger partial charge in [-0.05, 0) is 6.42 Å². The van der Waals surface area contributed by atoms with Crippen molar-refractivity contribution in [2.75, 3.05) is 0 Å². The number of hydrogen-bond acceptors (Lipinski definition) is 1. The summed E-state index contributed by atoms with van der Waals surface area (Å²) in [6.45, 7) is 9.34. The monoisotopic (exact) mass is 127 g/mol. The summed E-state index contributed by atoms with van der Waals surface area (Å²) in [5.74, 6) is 0.0457. The minimum atomic E-state index is -0.200. The van der Waals surface area contributed by atoms with Gasteiger partial charge in [0.1, 0.15) is 5.78 Å². The van der Waals surface area contributed by atoms with Crippen molar-refractivity contribution in [1.82, 2.24) is 0 Å². The first-order valence-electron chi connectivity index (χ1n) is 3.37. The Kier molecular flexibility index (Phi) is 2.89. The van der Waals surface area contributed by atoms with Crippen LogP contribution in [0.1, 0.15) is 33.6 Å². The van der Waals surface area contributed by atoms with Crippen molar-refractivity contribution < 1.29 is 4.79 Å². The minimum absolute atomic E-state index is 0.0457. The van der Waals surface area contributed by atoms with Gasteiger partial charge < -0.3 is 0 Å². The quantitative estimate of drug-likeness (QED) is 0.568. The maximum Gasteiger partial charge on any atom is 0.138 e. The fourth-order valence-corrected chi connectivity index (χ4v) is 0.764. The van der Waals surface area contributed by atoms with Gasteiger partial charge in [0.15, 0.2) is 0 Å². The Morgan fingerprint density at radius 2 is 2.00 bits per heavy atom. The van der Waals surface area contributed by atoms with Gasteiger partial charge in [0.25, 0.3) is 0 Å².